The Labute approximate surface area is 457 Å². The number of rotatable bonds is 14. The third-order valence-electron chi connectivity index (χ3n) is 14.9. The number of imidazole rings is 2. The van der Waals surface area contributed by atoms with Crippen molar-refractivity contribution < 1.29 is 28.7 Å². The highest BCUT2D eigenvalue weighted by molar-refractivity contribution is 9.11. The summed E-state index contributed by atoms with van der Waals surface area (Å²) in [6, 6.07) is 26.1. The minimum atomic E-state index is -0.724. The van der Waals surface area contributed by atoms with Gasteiger partial charge in [0.2, 0.25) is 11.8 Å². The molecule has 4 unspecified atom stereocenters. The van der Waals surface area contributed by atoms with E-state index in [1.807, 2.05) is 37.5 Å². The van der Waals surface area contributed by atoms with E-state index in [4.69, 9.17) is 19.4 Å². The number of amides is 4. The normalized spacial score (nSPS) is 18.0. The molecule has 3 fully saturated rings. The molecule has 3 aromatic heterocycles. The number of aromatic nitrogens is 5. The predicted molar refractivity (Wildman–Crippen MR) is 296 cm³/mol. The van der Waals surface area contributed by atoms with Crippen molar-refractivity contribution in [3.05, 3.63) is 110 Å². The number of ether oxygens (including phenoxy) is 2. The summed E-state index contributed by atoms with van der Waals surface area (Å²) >= 11 is 11.5. The fourth-order valence-corrected chi connectivity index (χ4v) is 12.6. The molecule has 0 bridgehead atoms. The van der Waals surface area contributed by atoms with Gasteiger partial charge in [0.1, 0.15) is 44.3 Å². The van der Waals surface area contributed by atoms with Crippen LogP contribution in [0, 0.1) is 11.8 Å². The summed E-state index contributed by atoms with van der Waals surface area (Å²) in [6.45, 7) is 8.76. The zero-order valence-corrected chi connectivity index (χ0v) is 47.4. The molecule has 4 atom stereocenters. The van der Waals surface area contributed by atoms with Crippen molar-refractivity contribution in [1.29, 1.82) is 0 Å². The highest BCUT2D eigenvalue weighted by atomic mass is 79.9. The number of nitrogens with one attached hydrogen (secondary N) is 4. The average molecular weight is 1200 g/mol. The number of likely N-dealkylation sites (tertiary alicyclic amines) is 2. The van der Waals surface area contributed by atoms with Crippen LogP contribution in [0.1, 0.15) is 121 Å². The number of hydrogen-bond donors (Lipinski definition) is 4. The number of nitrogens with zero attached hydrogens (tertiary/aromatic N) is 5. The lowest BCUT2D eigenvalue weighted by molar-refractivity contribution is -0.136. The number of carbonyl (C=O) groups is 4. The van der Waals surface area contributed by atoms with Crippen LogP contribution in [-0.4, -0.2) is 97.7 Å². The first-order valence-corrected chi connectivity index (χ1v) is 28.1. The molecule has 15 nitrogen and oxygen atoms in total. The molecule has 2 aliphatic heterocycles. The lowest BCUT2D eigenvalue weighted by Gasteiger charge is -2.29. The summed E-state index contributed by atoms with van der Waals surface area (Å²) in [4.78, 5) is 72.7. The van der Waals surface area contributed by atoms with Crippen molar-refractivity contribution >= 4 is 71.8 Å². The highest BCUT2D eigenvalue weighted by Crippen LogP contribution is 2.43. The van der Waals surface area contributed by atoms with Crippen LogP contribution >= 0.6 is 47.8 Å². The predicted octanol–water partition coefficient (Wildman–Crippen LogP) is 13.0. The van der Waals surface area contributed by atoms with Crippen LogP contribution in [0.3, 0.4) is 0 Å². The molecule has 0 spiro atoms. The summed E-state index contributed by atoms with van der Waals surface area (Å²) in [7, 11) is 2.59. The quantitative estimate of drug-likeness (QED) is 0.0832. The van der Waals surface area contributed by atoms with Crippen LogP contribution in [0.2, 0.25) is 0 Å². The Hall–Kier alpha value is -5.72. The summed E-state index contributed by atoms with van der Waals surface area (Å²) in [5, 5.41) is 5.46. The van der Waals surface area contributed by atoms with Crippen molar-refractivity contribution in [2.24, 2.45) is 11.8 Å². The van der Waals surface area contributed by atoms with Crippen molar-refractivity contribution in [2.45, 2.75) is 116 Å². The summed E-state index contributed by atoms with van der Waals surface area (Å²) in [6.07, 6.45) is 8.14. The van der Waals surface area contributed by atoms with Crippen LogP contribution in [-0.2, 0) is 19.1 Å². The summed E-state index contributed by atoms with van der Waals surface area (Å²) < 4.78 is 14.4. The van der Waals surface area contributed by atoms with E-state index < -0.39 is 24.3 Å². The minimum absolute atomic E-state index is 0.135. The first-order chi connectivity index (χ1) is 35.6. The van der Waals surface area contributed by atoms with Gasteiger partial charge in [-0.05, 0) is 139 Å². The van der Waals surface area contributed by atoms with Gasteiger partial charge in [0.05, 0.1) is 37.7 Å². The SMILES string of the molecule is COC(=O)NC(C(=O)N1CCCC1c1nc(-c2ccc(-c3cc(Br)c(-c4ccc(-c5nc(C6CCCN6C(=O)C(NC(=O)OC)C(C)C)[nH]c5Br)cc4)n3-c3ccc(C4CCCCC4)cc3)cc2)c(Br)[nH]1)C(C)C. The average Bonchev–Trinajstić information content (AvgIpc) is 4.28. The van der Waals surface area contributed by atoms with E-state index in [2.05, 4.69) is 152 Å². The van der Waals surface area contributed by atoms with Gasteiger partial charge in [0, 0.05) is 34.4 Å². The van der Waals surface area contributed by atoms with Gasteiger partial charge in [-0.25, -0.2) is 19.6 Å². The molecule has 18 heteroatoms. The topological polar surface area (TPSA) is 180 Å². The molecule has 3 aromatic carbocycles. The Morgan fingerprint density at radius 1 is 0.595 bits per heavy atom. The molecule has 74 heavy (non-hydrogen) atoms. The Morgan fingerprint density at radius 3 is 1.49 bits per heavy atom. The molecule has 9 rings (SSSR count). The van der Waals surface area contributed by atoms with Gasteiger partial charge in [0.15, 0.2) is 0 Å². The molecular formula is C56H64Br3N9O6. The van der Waals surface area contributed by atoms with Gasteiger partial charge >= 0.3 is 12.2 Å². The van der Waals surface area contributed by atoms with Crippen LogP contribution in [0.5, 0.6) is 0 Å². The molecule has 2 saturated heterocycles. The summed E-state index contributed by atoms with van der Waals surface area (Å²) in [5.74, 6) is 1.36. The molecule has 3 aliphatic rings. The monoisotopic (exact) mass is 1200 g/mol. The fraction of sp³-hybridized carbons (Fsp3) is 0.429. The van der Waals surface area contributed by atoms with Gasteiger partial charge < -0.3 is 44.4 Å². The van der Waals surface area contributed by atoms with Crippen LogP contribution in [0.15, 0.2) is 92.5 Å². The van der Waals surface area contributed by atoms with Crippen molar-refractivity contribution in [3.8, 4) is 50.7 Å². The largest absolute Gasteiger partial charge is 0.453 e. The van der Waals surface area contributed by atoms with Crippen LogP contribution in [0.4, 0.5) is 9.59 Å². The second-order valence-electron chi connectivity index (χ2n) is 20.3. The number of carbonyl (C=O) groups excluding carboxylic acids is 4. The van der Waals surface area contributed by atoms with E-state index in [1.165, 1.54) is 51.9 Å². The maximum atomic E-state index is 13.9. The Morgan fingerprint density at radius 2 is 1.04 bits per heavy atom. The third kappa shape index (κ3) is 11.0. The molecule has 6 aromatic rings. The van der Waals surface area contributed by atoms with Gasteiger partial charge in [-0.2, -0.15) is 0 Å². The number of halogens is 3. The lowest BCUT2D eigenvalue weighted by Crippen LogP contribution is -2.51. The minimum Gasteiger partial charge on any atom is -0.453 e. The number of aromatic amines is 2. The first-order valence-electron chi connectivity index (χ1n) is 25.7. The second kappa shape index (κ2) is 23.0. The first kappa shape index (κ1) is 53.1. The van der Waals surface area contributed by atoms with Crippen molar-refractivity contribution in [2.75, 3.05) is 27.3 Å². The zero-order chi connectivity index (χ0) is 52.4. The molecule has 1 saturated carbocycles. The highest BCUT2D eigenvalue weighted by Gasteiger charge is 2.40. The molecule has 4 amide bonds. The van der Waals surface area contributed by atoms with Crippen molar-refractivity contribution in [3.63, 3.8) is 0 Å². The Bertz CT molecular complexity index is 2980. The van der Waals surface area contributed by atoms with Gasteiger partial charge in [-0.3, -0.25) is 9.59 Å². The number of methoxy groups -OCH3 is 2. The summed E-state index contributed by atoms with van der Waals surface area (Å²) in [5.41, 5.74) is 9.75. The smallest absolute Gasteiger partial charge is 0.407 e. The van der Waals surface area contributed by atoms with Gasteiger partial charge in [0.25, 0.3) is 0 Å². The number of benzene rings is 3. The molecule has 390 valence electrons. The molecule has 0 radical (unpaired) electrons. The maximum Gasteiger partial charge on any atom is 0.407 e. The standard InChI is InChI=1S/C56H64Br3N9O6/c1-31(2)44(62-55(71)73-5)53(69)66-28-10-14-41(66)51-60-46(49(58)64-51)36-18-16-35(17-19-36)43-30-40(57)48(68(43)39-26-24-34(25-27-39)33-12-8-7-9-13-33)38-22-20-37(21-23-38)47-50(59)65-52(61-47)42-15-11-29-67(42)54(70)45(32(3)4)63-56(72)74-6/h16-27,30-33,41-42,44-45H,7-15,28-29H2,1-6H3,(H,60,64)(H,61,65)(H,62,71)(H,63,72). The van der Waals surface area contributed by atoms with Crippen LogP contribution in [0.25, 0.3) is 50.7 Å². The van der Waals surface area contributed by atoms with E-state index in [0.717, 1.165) is 90.1 Å². The molecule has 5 heterocycles. The number of alkyl carbamates (subject to hydrolysis) is 2. The Balaban J connectivity index is 1.01. The van der Waals surface area contributed by atoms with Crippen molar-refractivity contribution in [1.82, 2.24) is 44.9 Å². The van der Waals surface area contributed by atoms with E-state index in [0.29, 0.717) is 30.7 Å². The van der Waals surface area contributed by atoms with E-state index in [1.54, 1.807) is 0 Å². The van der Waals surface area contributed by atoms with Gasteiger partial charge in [-0.1, -0.05) is 108 Å². The molecular weight excluding hydrogens is 1130 g/mol. The Kier molecular flexibility index (Phi) is 16.5. The molecule has 1 aliphatic carbocycles. The van der Waals surface area contributed by atoms with Gasteiger partial charge in [-0.15, -0.1) is 0 Å². The van der Waals surface area contributed by atoms with Crippen LogP contribution < -0.4 is 10.6 Å². The fourth-order valence-electron chi connectivity index (χ4n) is 11.0. The van der Waals surface area contributed by atoms with E-state index in [-0.39, 0.29) is 35.7 Å². The maximum absolute atomic E-state index is 13.9. The van der Waals surface area contributed by atoms with E-state index in [9.17, 15) is 19.2 Å². The van der Waals surface area contributed by atoms with E-state index >= 15 is 0 Å². The zero-order valence-electron chi connectivity index (χ0n) is 42.6. The molecule has 4 N–H and O–H groups in total. The second-order valence-corrected chi connectivity index (χ2v) is 22.7. The lowest BCUT2D eigenvalue weighted by atomic mass is 9.84. The third-order valence-corrected chi connectivity index (χ3v) is 16.7. The number of H-pyrrole nitrogens is 2. The number of hydrogen-bond acceptors (Lipinski definition) is 8.